The topological polar surface area (TPSA) is 47.6 Å². The first-order valence-electron chi connectivity index (χ1n) is 7.95. The highest BCUT2D eigenvalue weighted by molar-refractivity contribution is 5.81. The first-order valence-corrected chi connectivity index (χ1v) is 7.95. The second kappa shape index (κ2) is 8.91. The summed E-state index contributed by atoms with van der Waals surface area (Å²) in [6, 6.07) is 13.4. The van der Waals surface area contributed by atoms with E-state index in [1.54, 1.807) is 43.5 Å². The van der Waals surface area contributed by atoms with Crippen molar-refractivity contribution in [2.75, 3.05) is 13.7 Å². The summed E-state index contributed by atoms with van der Waals surface area (Å²) in [6.07, 6.45) is 0.658. The standard InChI is InChI=1S/C19H22FNO3/c1-3-18(24-17-10-8-16(23-2)9-11-17)19(22)21-13-12-14-4-6-15(20)7-5-14/h4-11,18H,3,12-13H2,1-2H3,(H,21,22)/t18-/m1/s1. The Bertz CT molecular complexity index is 641. The Morgan fingerprint density at radius 3 is 2.29 bits per heavy atom. The van der Waals surface area contributed by atoms with Crippen molar-refractivity contribution < 1.29 is 18.7 Å². The number of carbonyl (C=O) groups excluding carboxylic acids is 1. The molecule has 0 radical (unpaired) electrons. The largest absolute Gasteiger partial charge is 0.497 e. The summed E-state index contributed by atoms with van der Waals surface area (Å²) in [7, 11) is 1.60. The van der Waals surface area contributed by atoms with Gasteiger partial charge in [0.15, 0.2) is 6.10 Å². The monoisotopic (exact) mass is 331 g/mol. The molecular weight excluding hydrogens is 309 g/mol. The number of hydrogen-bond acceptors (Lipinski definition) is 3. The van der Waals surface area contributed by atoms with E-state index in [1.807, 2.05) is 6.92 Å². The Morgan fingerprint density at radius 2 is 1.71 bits per heavy atom. The van der Waals surface area contributed by atoms with Crippen LogP contribution >= 0.6 is 0 Å². The van der Waals surface area contributed by atoms with Crippen LogP contribution in [0.5, 0.6) is 11.5 Å². The van der Waals surface area contributed by atoms with Gasteiger partial charge in [-0.3, -0.25) is 4.79 Å². The van der Waals surface area contributed by atoms with Crippen LogP contribution in [0.2, 0.25) is 0 Å². The third-order valence-electron chi connectivity index (χ3n) is 3.63. The number of hydrogen-bond donors (Lipinski definition) is 1. The molecule has 0 aliphatic carbocycles. The molecule has 0 heterocycles. The summed E-state index contributed by atoms with van der Waals surface area (Å²) in [4.78, 5) is 12.2. The van der Waals surface area contributed by atoms with Crippen LogP contribution in [0, 0.1) is 5.82 Å². The minimum Gasteiger partial charge on any atom is -0.497 e. The van der Waals surface area contributed by atoms with Crippen molar-refractivity contribution in [2.24, 2.45) is 0 Å². The molecule has 128 valence electrons. The summed E-state index contributed by atoms with van der Waals surface area (Å²) < 4.78 is 23.7. The van der Waals surface area contributed by atoms with Crippen LogP contribution in [0.25, 0.3) is 0 Å². The van der Waals surface area contributed by atoms with Gasteiger partial charge in [0.25, 0.3) is 5.91 Å². The van der Waals surface area contributed by atoms with E-state index in [0.29, 0.717) is 25.1 Å². The van der Waals surface area contributed by atoms with Crippen molar-refractivity contribution in [3.8, 4) is 11.5 Å². The van der Waals surface area contributed by atoms with E-state index in [1.165, 1.54) is 12.1 Å². The quantitative estimate of drug-likeness (QED) is 0.807. The Hall–Kier alpha value is -2.56. The van der Waals surface area contributed by atoms with Gasteiger partial charge in [-0.05, 0) is 54.8 Å². The first kappa shape index (κ1) is 17.8. The summed E-state index contributed by atoms with van der Waals surface area (Å²) in [5.74, 6) is 0.938. The Balaban J connectivity index is 1.82. The molecular formula is C19H22FNO3. The van der Waals surface area contributed by atoms with E-state index in [2.05, 4.69) is 5.32 Å². The lowest BCUT2D eigenvalue weighted by molar-refractivity contribution is -0.128. The van der Waals surface area contributed by atoms with Gasteiger partial charge in [-0.1, -0.05) is 19.1 Å². The van der Waals surface area contributed by atoms with Crippen LogP contribution in [-0.4, -0.2) is 25.7 Å². The van der Waals surface area contributed by atoms with Crippen LogP contribution in [0.4, 0.5) is 4.39 Å². The number of amides is 1. The van der Waals surface area contributed by atoms with Crippen molar-refractivity contribution in [2.45, 2.75) is 25.9 Å². The van der Waals surface area contributed by atoms with Gasteiger partial charge in [0.1, 0.15) is 17.3 Å². The van der Waals surface area contributed by atoms with E-state index in [-0.39, 0.29) is 11.7 Å². The van der Waals surface area contributed by atoms with Gasteiger partial charge >= 0.3 is 0 Å². The molecule has 0 unspecified atom stereocenters. The minimum atomic E-state index is -0.549. The number of ether oxygens (including phenoxy) is 2. The van der Waals surface area contributed by atoms with Crippen LogP contribution < -0.4 is 14.8 Å². The van der Waals surface area contributed by atoms with Crippen molar-refractivity contribution >= 4 is 5.91 Å². The van der Waals surface area contributed by atoms with Gasteiger partial charge in [-0.2, -0.15) is 0 Å². The normalized spacial score (nSPS) is 11.6. The maximum atomic E-state index is 12.8. The zero-order valence-corrected chi connectivity index (χ0v) is 13.9. The lowest BCUT2D eigenvalue weighted by Crippen LogP contribution is -2.38. The molecule has 24 heavy (non-hydrogen) atoms. The number of carbonyl (C=O) groups is 1. The molecule has 4 nitrogen and oxygen atoms in total. The smallest absolute Gasteiger partial charge is 0.261 e. The van der Waals surface area contributed by atoms with Crippen molar-refractivity contribution in [1.29, 1.82) is 0 Å². The molecule has 2 aromatic carbocycles. The van der Waals surface area contributed by atoms with Gasteiger partial charge in [0.05, 0.1) is 7.11 Å². The van der Waals surface area contributed by atoms with E-state index in [9.17, 15) is 9.18 Å². The van der Waals surface area contributed by atoms with E-state index in [4.69, 9.17) is 9.47 Å². The zero-order chi connectivity index (χ0) is 17.4. The van der Waals surface area contributed by atoms with Crippen LogP contribution in [0.15, 0.2) is 48.5 Å². The number of benzene rings is 2. The van der Waals surface area contributed by atoms with Crippen molar-refractivity contribution in [3.05, 3.63) is 59.9 Å². The highest BCUT2D eigenvalue weighted by Gasteiger charge is 2.17. The fourth-order valence-corrected chi connectivity index (χ4v) is 2.24. The van der Waals surface area contributed by atoms with E-state index in [0.717, 1.165) is 11.3 Å². The fraction of sp³-hybridized carbons (Fsp3) is 0.316. The van der Waals surface area contributed by atoms with Gasteiger partial charge < -0.3 is 14.8 Å². The predicted molar refractivity (Wildman–Crippen MR) is 90.8 cm³/mol. The molecule has 1 N–H and O–H groups in total. The van der Waals surface area contributed by atoms with Gasteiger partial charge in [-0.15, -0.1) is 0 Å². The zero-order valence-electron chi connectivity index (χ0n) is 13.9. The van der Waals surface area contributed by atoms with Gasteiger partial charge in [0.2, 0.25) is 0 Å². The molecule has 0 aliphatic heterocycles. The molecule has 0 aromatic heterocycles. The van der Waals surface area contributed by atoms with Crippen LogP contribution in [0.3, 0.4) is 0 Å². The molecule has 1 atom stereocenters. The number of nitrogens with one attached hydrogen (secondary N) is 1. The summed E-state index contributed by atoms with van der Waals surface area (Å²) >= 11 is 0. The Labute approximate surface area is 141 Å². The Morgan fingerprint density at radius 1 is 1.08 bits per heavy atom. The van der Waals surface area contributed by atoms with Crippen LogP contribution in [-0.2, 0) is 11.2 Å². The number of rotatable bonds is 8. The third kappa shape index (κ3) is 5.26. The molecule has 0 saturated heterocycles. The maximum Gasteiger partial charge on any atom is 0.261 e. The molecule has 0 saturated carbocycles. The van der Waals surface area contributed by atoms with Gasteiger partial charge in [0, 0.05) is 6.54 Å². The Kier molecular flexibility index (Phi) is 6.61. The van der Waals surface area contributed by atoms with E-state index >= 15 is 0 Å². The molecule has 0 bridgehead atoms. The molecule has 5 heteroatoms. The molecule has 2 aromatic rings. The van der Waals surface area contributed by atoms with E-state index < -0.39 is 6.10 Å². The second-order valence-corrected chi connectivity index (χ2v) is 5.36. The summed E-state index contributed by atoms with van der Waals surface area (Å²) in [5.41, 5.74) is 0.973. The van der Waals surface area contributed by atoms with Crippen molar-refractivity contribution in [1.82, 2.24) is 5.32 Å². The average Bonchev–Trinajstić information content (AvgIpc) is 2.61. The lowest BCUT2D eigenvalue weighted by Gasteiger charge is -2.17. The average molecular weight is 331 g/mol. The second-order valence-electron chi connectivity index (χ2n) is 5.36. The highest BCUT2D eigenvalue weighted by Crippen LogP contribution is 2.19. The molecule has 0 spiro atoms. The van der Waals surface area contributed by atoms with Crippen molar-refractivity contribution in [3.63, 3.8) is 0 Å². The molecule has 0 aliphatic rings. The first-order chi connectivity index (χ1) is 11.6. The molecule has 0 fully saturated rings. The van der Waals surface area contributed by atoms with Crippen LogP contribution in [0.1, 0.15) is 18.9 Å². The van der Waals surface area contributed by atoms with Gasteiger partial charge in [-0.25, -0.2) is 4.39 Å². The minimum absolute atomic E-state index is 0.157. The summed E-state index contributed by atoms with van der Waals surface area (Å²) in [6.45, 7) is 2.38. The third-order valence-corrected chi connectivity index (χ3v) is 3.63. The predicted octanol–water partition coefficient (Wildman–Crippen LogP) is 3.35. The highest BCUT2D eigenvalue weighted by atomic mass is 19.1. The fourth-order valence-electron chi connectivity index (χ4n) is 2.24. The number of methoxy groups -OCH3 is 1. The maximum absolute atomic E-state index is 12.8. The number of halogens is 1. The SMILES string of the molecule is CC[C@@H](Oc1ccc(OC)cc1)C(=O)NCCc1ccc(F)cc1. The summed E-state index contributed by atoms with van der Waals surface area (Å²) in [5, 5.41) is 2.86. The molecule has 1 amide bonds. The lowest BCUT2D eigenvalue weighted by atomic mass is 10.1. The molecule has 2 rings (SSSR count).